The quantitative estimate of drug-likeness (QED) is 0.728. The van der Waals surface area contributed by atoms with Crippen LogP contribution in [0.5, 0.6) is 5.75 Å². The van der Waals surface area contributed by atoms with Crippen LogP contribution in [0, 0.1) is 0 Å². The number of para-hydroxylation sites is 1. The average Bonchev–Trinajstić information content (AvgIpc) is 2.97. The highest BCUT2D eigenvalue weighted by Gasteiger charge is 2.43. The first kappa shape index (κ1) is 21.4. The summed E-state index contributed by atoms with van der Waals surface area (Å²) in [6.45, 7) is -0.242. The van der Waals surface area contributed by atoms with Crippen LogP contribution in [0.15, 0.2) is 54.2 Å². The van der Waals surface area contributed by atoms with E-state index in [-0.39, 0.29) is 30.1 Å². The van der Waals surface area contributed by atoms with Crippen LogP contribution in [0.25, 0.3) is 5.57 Å². The Balaban J connectivity index is 2.17. The molecular formula is C21H19F3N2O4. The molecule has 2 aromatic rings. The molecule has 0 aliphatic carbocycles. The molecule has 30 heavy (non-hydrogen) atoms. The predicted molar refractivity (Wildman–Crippen MR) is 104 cm³/mol. The van der Waals surface area contributed by atoms with Crippen LogP contribution in [0.4, 0.5) is 18.9 Å². The Kier molecular flexibility index (Phi) is 5.84. The minimum atomic E-state index is -4.63. The van der Waals surface area contributed by atoms with Crippen molar-refractivity contribution in [3.8, 4) is 5.75 Å². The lowest BCUT2D eigenvalue weighted by Gasteiger charge is -2.21. The number of hydrogen-bond acceptors (Lipinski definition) is 5. The maximum Gasteiger partial charge on any atom is 0.416 e. The van der Waals surface area contributed by atoms with Crippen molar-refractivity contribution in [3.63, 3.8) is 0 Å². The lowest BCUT2D eigenvalue weighted by molar-refractivity contribution is -0.137. The first-order valence-electron chi connectivity index (χ1n) is 8.96. The van der Waals surface area contributed by atoms with Gasteiger partial charge in [0.15, 0.2) is 0 Å². The number of likely N-dealkylation sites (N-methyl/N-ethyl adjacent to an activating group) is 1. The molecule has 1 heterocycles. The second-order valence-electron chi connectivity index (χ2n) is 6.56. The van der Waals surface area contributed by atoms with E-state index in [1.165, 1.54) is 25.1 Å². The lowest BCUT2D eigenvalue weighted by Crippen LogP contribution is -2.35. The largest absolute Gasteiger partial charge is 0.496 e. The molecule has 3 rings (SSSR count). The molecule has 0 spiro atoms. The lowest BCUT2D eigenvalue weighted by atomic mass is 10.0. The smallest absolute Gasteiger partial charge is 0.416 e. The molecular weight excluding hydrogens is 401 g/mol. The van der Waals surface area contributed by atoms with Gasteiger partial charge in [0.1, 0.15) is 11.4 Å². The predicted octanol–water partition coefficient (Wildman–Crippen LogP) is 2.92. The Morgan fingerprint density at radius 2 is 1.77 bits per heavy atom. The number of benzene rings is 2. The number of methoxy groups -OCH3 is 1. The SMILES string of the molecule is COc1ccccc1C1=C(N(C)CCO)C(=O)N(c2cccc(C(F)(F)F)c2)C1=O. The molecule has 1 aliphatic rings. The zero-order chi connectivity index (χ0) is 22.1. The van der Waals surface area contributed by atoms with Crippen molar-refractivity contribution in [1.29, 1.82) is 0 Å². The van der Waals surface area contributed by atoms with Crippen LogP contribution < -0.4 is 9.64 Å². The van der Waals surface area contributed by atoms with Crippen molar-refractivity contribution >= 4 is 23.1 Å². The molecule has 0 unspecified atom stereocenters. The topological polar surface area (TPSA) is 70.1 Å². The van der Waals surface area contributed by atoms with E-state index in [1.54, 1.807) is 24.3 Å². The van der Waals surface area contributed by atoms with E-state index in [4.69, 9.17) is 4.74 Å². The molecule has 0 bridgehead atoms. The number of nitrogens with zero attached hydrogens (tertiary/aromatic N) is 2. The first-order valence-corrected chi connectivity index (χ1v) is 8.96. The summed E-state index contributed by atoms with van der Waals surface area (Å²) in [7, 11) is 2.92. The summed E-state index contributed by atoms with van der Waals surface area (Å²) in [5, 5.41) is 9.29. The first-order chi connectivity index (χ1) is 14.2. The third-order valence-corrected chi connectivity index (χ3v) is 4.68. The van der Waals surface area contributed by atoms with E-state index >= 15 is 0 Å². The van der Waals surface area contributed by atoms with E-state index in [0.717, 1.165) is 18.2 Å². The number of carbonyl (C=O) groups is 2. The second-order valence-corrected chi connectivity index (χ2v) is 6.56. The van der Waals surface area contributed by atoms with E-state index in [1.807, 2.05) is 0 Å². The molecule has 2 amide bonds. The highest BCUT2D eigenvalue weighted by atomic mass is 19.4. The summed E-state index contributed by atoms with van der Waals surface area (Å²) in [4.78, 5) is 28.6. The van der Waals surface area contributed by atoms with Crippen molar-refractivity contribution in [1.82, 2.24) is 4.90 Å². The Morgan fingerprint density at radius 1 is 1.07 bits per heavy atom. The fourth-order valence-corrected chi connectivity index (χ4v) is 3.28. The number of aliphatic hydroxyl groups is 1. The van der Waals surface area contributed by atoms with Crippen molar-refractivity contribution in [3.05, 3.63) is 65.4 Å². The molecule has 0 saturated carbocycles. The molecule has 2 aromatic carbocycles. The number of rotatable bonds is 6. The maximum absolute atomic E-state index is 13.3. The van der Waals surface area contributed by atoms with Gasteiger partial charge < -0.3 is 14.7 Å². The number of aliphatic hydroxyl groups excluding tert-OH is 1. The van der Waals surface area contributed by atoms with Crippen LogP contribution in [-0.4, -0.2) is 49.1 Å². The number of alkyl halides is 3. The van der Waals surface area contributed by atoms with E-state index < -0.39 is 23.6 Å². The fraction of sp³-hybridized carbons (Fsp3) is 0.238. The number of imide groups is 1. The summed E-state index contributed by atoms with van der Waals surface area (Å²) >= 11 is 0. The number of halogens is 3. The molecule has 0 atom stereocenters. The summed E-state index contributed by atoms with van der Waals surface area (Å²) in [6, 6.07) is 10.5. The second kappa shape index (κ2) is 8.19. The van der Waals surface area contributed by atoms with Gasteiger partial charge in [-0.3, -0.25) is 9.59 Å². The van der Waals surface area contributed by atoms with Crippen LogP contribution in [-0.2, 0) is 15.8 Å². The number of hydrogen-bond donors (Lipinski definition) is 1. The minimum Gasteiger partial charge on any atom is -0.496 e. The molecule has 0 fully saturated rings. The highest BCUT2D eigenvalue weighted by molar-refractivity contribution is 6.45. The summed E-state index contributed by atoms with van der Waals surface area (Å²) in [5.41, 5.74) is -0.884. The Morgan fingerprint density at radius 3 is 2.40 bits per heavy atom. The monoisotopic (exact) mass is 420 g/mol. The van der Waals surface area contributed by atoms with E-state index in [0.29, 0.717) is 16.2 Å². The van der Waals surface area contributed by atoms with Gasteiger partial charge >= 0.3 is 6.18 Å². The van der Waals surface area contributed by atoms with Crippen LogP contribution >= 0.6 is 0 Å². The molecule has 0 aromatic heterocycles. The van der Waals surface area contributed by atoms with Crippen LogP contribution in [0.1, 0.15) is 11.1 Å². The van der Waals surface area contributed by atoms with Crippen LogP contribution in [0.3, 0.4) is 0 Å². The zero-order valence-electron chi connectivity index (χ0n) is 16.2. The maximum atomic E-state index is 13.3. The number of ether oxygens (including phenoxy) is 1. The van der Waals surface area contributed by atoms with Crippen molar-refractivity contribution < 1.29 is 32.6 Å². The standard InChI is InChI=1S/C21H19F3N2O4/c1-25(10-11-27)18-17(15-8-3-4-9-16(15)30-2)19(28)26(20(18)29)14-7-5-6-13(12-14)21(22,23)24/h3-9,12,27H,10-11H2,1-2H3. The molecule has 1 N–H and O–H groups in total. The third kappa shape index (κ3) is 3.76. The average molecular weight is 420 g/mol. The van der Waals surface area contributed by atoms with Crippen molar-refractivity contribution in [2.24, 2.45) is 0 Å². The van der Waals surface area contributed by atoms with Gasteiger partial charge in [0, 0.05) is 19.2 Å². The van der Waals surface area contributed by atoms with E-state index in [9.17, 15) is 27.9 Å². The van der Waals surface area contributed by atoms with Gasteiger partial charge in [-0.25, -0.2) is 4.90 Å². The molecule has 1 aliphatic heterocycles. The van der Waals surface area contributed by atoms with E-state index in [2.05, 4.69) is 0 Å². The number of amides is 2. The van der Waals surface area contributed by atoms with Gasteiger partial charge in [0.05, 0.1) is 30.5 Å². The normalized spacial score (nSPS) is 14.5. The summed E-state index contributed by atoms with van der Waals surface area (Å²) in [5.74, 6) is -1.23. The fourth-order valence-electron chi connectivity index (χ4n) is 3.28. The van der Waals surface area contributed by atoms with Gasteiger partial charge in [-0.15, -0.1) is 0 Å². The Bertz CT molecular complexity index is 1020. The highest BCUT2D eigenvalue weighted by Crippen LogP contribution is 2.39. The zero-order valence-corrected chi connectivity index (χ0v) is 16.2. The molecule has 6 nitrogen and oxygen atoms in total. The Hall–Kier alpha value is -3.33. The molecule has 0 radical (unpaired) electrons. The summed E-state index contributed by atoms with van der Waals surface area (Å²) < 4.78 is 44.7. The van der Waals surface area contributed by atoms with Gasteiger partial charge in [0.25, 0.3) is 11.8 Å². The molecule has 158 valence electrons. The van der Waals surface area contributed by atoms with Crippen LogP contribution in [0.2, 0.25) is 0 Å². The number of anilines is 1. The van der Waals surface area contributed by atoms with Crippen molar-refractivity contribution in [2.75, 3.05) is 32.2 Å². The van der Waals surface area contributed by atoms with Gasteiger partial charge in [-0.1, -0.05) is 24.3 Å². The van der Waals surface area contributed by atoms with Gasteiger partial charge in [-0.05, 0) is 24.3 Å². The third-order valence-electron chi connectivity index (χ3n) is 4.68. The Labute approximate surface area is 170 Å². The minimum absolute atomic E-state index is 0.00851. The van der Waals surface area contributed by atoms with Gasteiger partial charge in [-0.2, -0.15) is 13.2 Å². The van der Waals surface area contributed by atoms with Crippen molar-refractivity contribution in [2.45, 2.75) is 6.18 Å². The van der Waals surface area contributed by atoms with Gasteiger partial charge in [0.2, 0.25) is 0 Å². The molecule has 9 heteroatoms. The number of carbonyl (C=O) groups excluding carboxylic acids is 2. The summed E-state index contributed by atoms with van der Waals surface area (Å²) in [6.07, 6.45) is -4.63. The molecule has 0 saturated heterocycles.